The van der Waals surface area contributed by atoms with Gasteiger partial charge >= 0.3 is 11.9 Å². The zero-order chi connectivity index (χ0) is 32.2. The van der Waals surface area contributed by atoms with E-state index < -0.39 is 23.8 Å². The van der Waals surface area contributed by atoms with Crippen LogP contribution in [0.4, 0.5) is 0 Å². The van der Waals surface area contributed by atoms with E-state index in [2.05, 4.69) is 15.8 Å². The summed E-state index contributed by atoms with van der Waals surface area (Å²) in [5, 5.41) is 6.40. The average molecular weight is 612 g/mol. The molecule has 0 fully saturated rings. The molecule has 0 bridgehead atoms. The smallest absolute Gasteiger partial charge is 0.343 e. The largest absolute Gasteiger partial charge is 0.493 e. The number of benzene rings is 4. The maximum absolute atomic E-state index is 12.8. The van der Waals surface area contributed by atoms with Crippen molar-refractivity contribution in [2.75, 3.05) is 27.9 Å². The minimum absolute atomic E-state index is 0.00354. The highest BCUT2D eigenvalue weighted by Gasteiger charge is 2.19. The van der Waals surface area contributed by atoms with Gasteiger partial charge < -0.3 is 29.0 Å². The van der Waals surface area contributed by atoms with Crippen LogP contribution in [-0.4, -0.2) is 57.8 Å². The first-order valence-electron chi connectivity index (χ1n) is 13.4. The molecular formula is C33H29N3O9. The summed E-state index contributed by atoms with van der Waals surface area (Å²) < 4.78 is 26.8. The first kappa shape index (κ1) is 31.8. The molecule has 45 heavy (non-hydrogen) atoms. The monoisotopic (exact) mass is 611 g/mol. The molecule has 12 heteroatoms. The number of hydrogen-bond acceptors (Lipinski definition) is 10. The van der Waals surface area contributed by atoms with Gasteiger partial charge in [-0.3, -0.25) is 9.59 Å². The van der Waals surface area contributed by atoms with E-state index in [9.17, 15) is 19.2 Å². The van der Waals surface area contributed by atoms with Crippen LogP contribution >= 0.6 is 0 Å². The standard InChI is InChI=1S/C33H29N3O9/c1-41-27-17-24(18-28(42-2)30(27)43-3)31(38)34-20-29(37)36-35-19-21-14-15-25(44-32(39)22-10-6-4-7-11-22)26(16-21)45-33(40)23-12-8-5-9-13-23/h4-19H,20H2,1-3H3,(H,34,38)(H,36,37)/b35-19+. The Hall–Kier alpha value is -6.17. The summed E-state index contributed by atoms with van der Waals surface area (Å²) in [7, 11) is 4.29. The van der Waals surface area contributed by atoms with Gasteiger partial charge in [0.25, 0.3) is 11.8 Å². The van der Waals surface area contributed by atoms with Crippen molar-refractivity contribution in [1.82, 2.24) is 10.7 Å². The molecule has 0 saturated heterocycles. The van der Waals surface area contributed by atoms with Gasteiger partial charge in [-0.15, -0.1) is 0 Å². The number of nitrogens with one attached hydrogen (secondary N) is 2. The van der Waals surface area contributed by atoms with Crippen molar-refractivity contribution in [1.29, 1.82) is 0 Å². The molecule has 0 aromatic heterocycles. The molecule has 0 aliphatic rings. The number of ether oxygens (including phenoxy) is 5. The van der Waals surface area contributed by atoms with Crippen LogP contribution < -0.4 is 34.4 Å². The molecule has 230 valence electrons. The van der Waals surface area contributed by atoms with Gasteiger partial charge in [0.2, 0.25) is 5.75 Å². The van der Waals surface area contributed by atoms with Crippen molar-refractivity contribution in [2.24, 2.45) is 5.10 Å². The van der Waals surface area contributed by atoms with Crippen molar-refractivity contribution in [2.45, 2.75) is 0 Å². The molecule has 0 aliphatic heterocycles. The normalized spacial score (nSPS) is 10.5. The lowest BCUT2D eigenvalue weighted by molar-refractivity contribution is -0.120. The number of amides is 2. The molecule has 2 amide bonds. The van der Waals surface area contributed by atoms with Crippen LogP contribution in [0.5, 0.6) is 28.7 Å². The molecule has 0 unspecified atom stereocenters. The fraction of sp³-hybridized carbons (Fsp3) is 0.121. The van der Waals surface area contributed by atoms with E-state index in [-0.39, 0.29) is 40.7 Å². The second-order valence-corrected chi connectivity index (χ2v) is 9.11. The number of carbonyl (C=O) groups excluding carboxylic acids is 4. The summed E-state index contributed by atoms with van der Waals surface area (Å²) in [4.78, 5) is 50.4. The van der Waals surface area contributed by atoms with Crippen molar-refractivity contribution in [3.63, 3.8) is 0 Å². The SMILES string of the molecule is COc1cc(C(=O)NCC(=O)N/N=C/c2ccc(OC(=O)c3ccccc3)c(OC(=O)c3ccccc3)c2)cc(OC)c1OC. The number of rotatable bonds is 12. The summed E-state index contributed by atoms with van der Waals surface area (Å²) in [6.07, 6.45) is 1.29. The Morgan fingerprint density at radius 2 is 1.20 bits per heavy atom. The van der Waals surface area contributed by atoms with Crippen LogP contribution in [0.25, 0.3) is 0 Å². The van der Waals surface area contributed by atoms with Crippen LogP contribution in [0.2, 0.25) is 0 Å². The van der Waals surface area contributed by atoms with E-state index >= 15 is 0 Å². The maximum Gasteiger partial charge on any atom is 0.343 e. The molecule has 2 N–H and O–H groups in total. The molecule has 0 heterocycles. The van der Waals surface area contributed by atoms with Crippen molar-refractivity contribution >= 4 is 30.0 Å². The molecule has 0 aliphatic carbocycles. The van der Waals surface area contributed by atoms with E-state index in [1.54, 1.807) is 66.7 Å². The number of methoxy groups -OCH3 is 3. The molecule has 0 radical (unpaired) electrons. The summed E-state index contributed by atoms with van der Waals surface area (Å²) in [6.45, 7) is -0.388. The molecule has 4 rings (SSSR count). The topological polar surface area (TPSA) is 151 Å². The minimum atomic E-state index is -0.669. The minimum Gasteiger partial charge on any atom is -0.493 e. The van der Waals surface area contributed by atoms with Crippen LogP contribution in [0.1, 0.15) is 36.6 Å². The lowest BCUT2D eigenvalue weighted by Gasteiger charge is -2.14. The second kappa shape index (κ2) is 15.3. The molecule has 12 nitrogen and oxygen atoms in total. The number of nitrogens with zero attached hydrogens (tertiary/aromatic N) is 1. The molecule has 0 atom stereocenters. The number of hydrogen-bond donors (Lipinski definition) is 2. The van der Waals surface area contributed by atoms with Crippen LogP contribution in [-0.2, 0) is 4.79 Å². The van der Waals surface area contributed by atoms with E-state index in [4.69, 9.17) is 23.7 Å². The van der Waals surface area contributed by atoms with Crippen molar-refractivity contribution < 1.29 is 42.9 Å². The van der Waals surface area contributed by atoms with E-state index in [0.717, 1.165) is 0 Å². The van der Waals surface area contributed by atoms with Crippen LogP contribution in [0.15, 0.2) is 96.1 Å². The number of esters is 2. The lowest BCUT2D eigenvalue weighted by atomic mass is 10.1. The zero-order valence-corrected chi connectivity index (χ0v) is 24.6. The summed E-state index contributed by atoms with van der Waals surface area (Å²) in [5.41, 5.74) is 3.50. The number of hydrazone groups is 1. The third-order valence-electron chi connectivity index (χ3n) is 6.13. The predicted molar refractivity (Wildman–Crippen MR) is 163 cm³/mol. The Bertz CT molecular complexity index is 1680. The Morgan fingerprint density at radius 1 is 0.644 bits per heavy atom. The molecule has 0 spiro atoms. The van der Waals surface area contributed by atoms with Gasteiger partial charge in [0.05, 0.1) is 45.2 Å². The first-order valence-corrected chi connectivity index (χ1v) is 13.4. The van der Waals surface area contributed by atoms with Crippen LogP contribution in [0.3, 0.4) is 0 Å². The molecule has 4 aromatic rings. The predicted octanol–water partition coefficient (Wildman–Crippen LogP) is 4.03. The lowest BCUT2D eigenvalue weighted by Crippen LogP contribution is -2.34. The maximum atomic E-state index is 12.8. The Labute approximate surface area is 258 Å². The highest BCUT2D eigenvalue weighted by Crippen LogP contribution is 2.38. The van der Waals surface area contributed by atoms with Gasteiger partial charge in [-0.05, 0) is 60.2 Å². The fourth-order valence-corrected chi connectivity index (χ4v) is 3.93. The van der Waals surface area contributed by atoms with Crippen molar-refractivity contribution in [3.05, 3.63) is 113 Å². The van der Waals surface area contributed by atoms with Gasteiger partial charge in [-0.25, -0.2) is 15.0 Å². The van der Waals surface area contributed by atoms with Gasteiger partial charge in [0, 0.05) is 5.56 Å². The summed E-state index contributed by atoms with van der Waals surface area (Å²) in [6, 6.07) is 24.0. The van der Waals surface area contributed by atoms with Crippen molar-refractivity contribution in [3.8, 4) is 28.7 Å². The third kappa shape index (κ3) is 8.45. The van der Waals surface area contributed by atoms with Gasteiger partial charge in [0.15, 0.2) is 23.0 Å². The Balaban J connectivity index is 1.42. The fourth-order valence-electron chi connectivity index (χ4n) is 3.93. The number of carbonyl (C=O) groups is 4. The highest BCUT2D eigenvalue weighted by atomic mass is 16.6. The van der Waals surface area contributed by atoms with E-state index in [1.165, 1.54) is 51.8 Å². The van der Waals surface area contributed by atoms with Gasteiger partial charge in [-0.2, -0.15) is 5.10 Å². The molecule has 0 saturated carbocycles. The molecule has 4 aromatic carbocycles. The second-order valence-electron chi connectivity index (χ2n) is 9.11. The third-order valence-corrected chi connectivity index (χ3v) is 6.13. The van der Waals surface area contributed by atoms with E-state index in [1.807, 2.05) is 0 Å². The Kier molecular flexibility index (Phi) is 10.8. The first-order chi connectivity index (χ1) is 21.8. The quantitative estimate of drug-likeness (QED) is 0.105. The van der Waals surface area contributed by atoms with Crippen LogP contribution in [0, 0.1) is 0 Å². The van der Waals surface area contributed by atoms with Gasteiger partial charge in [-0.1, -0.05) is 36.4 Å². The Morgan fingerprint density at radius 3 is 1.73 bits per heavy atom. The summed E-state index contributed by atoms with van der Waals surface area (Å²) in [5.74, 6) is -1.63. The molecular weight excluding hydrogens is 582 g/mol. The van der Waals surface area contributed by atoms with E-state index in [0.29, 0.717) is 16.9 Å². The highest BCUT2D eigenvalue weighted by molar-refractivity contribution is 5.98. The average Bonchev–Trinajstić information content (AvgIpc) is 3.08. The zero-order valence-electron chi connectivity index (χ0n) is 24.6. The summed E-state index contributed by atoms with van der Waals surface area (Å²) >= 11 is 0. The van der Waals surface area contributed by atoms with Gasteiger partial charge in [0.1, 0.15) is 0 Å².